The van der Waals surface area contributed by atoms with Crippen LogP contribution in [0.2, 0.25) is 5.02 Å². The van der Waals surface area contributed by atoms with Gasteiger partial charge in [0.05, 0.1) is 5.02 Å². The topological polar surface area (TPSA) is 55.1 Å². The number of nitrogens with zero attached hydrogens (tertiary/aromatic N) is 1. The van der Waals surface area contributed by atoms with Crippen molar-refractivity contribution >= 4 is 34.3 Å². The molecule has 0 spiro atoms. The van der Waals surface area contributed by atoms with E-state index >= 15 is 0 Å². The lowest BCUT2D eigenvalue weighted by Crippen LogP contribution is -2.12. The molecule has 1 amide bonds. The number of aromatic nitrogens is 1. The Morgan fingerprint density at radius 1 is 1.04 bits per heavy atom. The summed E-state index contributed by atoms with van der Waals surface area (Å²) in [5.41, 5.74) is 2.80. The maximum absolute atomic E-state index is 13.5. The first-order valence-electron chi connectivity index (χ1n) is 7.82. The molecule has 0 bridgehead atoms. The third-order valence-corrected chi connectivity index (χ3v) is 4.15. The summed E-state index contributed by atoms with van der Waals surface area (Å²) in [7, 11) is 0. The largest absolute Gasteiger partial charge is 0.436 e. The number of carbonyl (C=O) groups is 1. The lowest BCUT2D eigenvalue weighted by atomic mass is 10.2. The summed E-state index contributed by atoms with van der Waals surface area (Å²) in [5, 5.41) is 2.69. The Morgan fingerprint density at radius 2 is 1.85 bits per heavy atom. The smallest absolute Gasteiger partial charge is 0.255 e. The summed E-state index contributed by atoms with van der Waals surface area (Å²) in [4.78, 5) is 16.7. The first kappa shape index (κ1) is 16.3. The van der Waals surface area contributed by atoms with Crippen molar-refractivity contribution in [3.8, 4) is 11.5 Å². The monoisotopic (exact) mass is 366 g/mol. The summed E-state index contributed by atoms with van der Waals surface area (Å²) in [5.74, 6) is -0.575. The molecule has 0 saturated carbocycles. The van der Waals surface area contributed by atoms with Crippen molar-refractivity contribution < 1.29 is 13.6 Å². The fraction of sp³-hybridized carbons (Fsp3) is 0. The number of amides is 1. The highest BCUT2D eigenvalue weighted by molar-refractivity contribution is 6.30. The van der Waals surface area contributed by atoms with Gasteiger partial charge in [0.15, 0.2) is 5.58 Å². The minimum Gasteiger partial charge on any atom is -0.436 e. The fourth-order valence-corrected chi connectivity index (χ4v) is 2.67. The first-order chi connectivity index (χ1) is 12.6. The molecule has 1 heterocycles. The first-order valence-corrected chi connectivity index (χ1v) is 8.20. The highest BCUT2D eigenvalue weighted by atomic mass is 35.5. The lowest BCUT2D eigenvalue weighted by molar-refractivity contribution is 0.102. The van der Waals surface area contributed by atoms with Crippen LogP contribution >= 0.6 is 11.6 Å². The van der Waals surface area contributed by atoms with Gasteiger partial charge < -0.3 is 9.73 Å². The highest BCUT2D eigenvalue weighted by Crippen LogP contribution is 2.26. The summed E-state index contributed by atoms with van der Waals surface area (Å²) >= 11 is 5.64. The molecule has 1 aromatic heterocycles. The van der Waals surface area contributed by atoms with Gasteiger partial charge in [0.2, 0.25) is 5.89 Å². The van der Waals surface area contributed by atoms with Gasteiger partial charge >= 0.3 is 0 Å². The van der Waals surface area contributed by atoms with Crippen LogP contribution in [-0.4, -0.2) is 10.9 Å². The van der Waals surface area contributed by atoms with Crippen molar-refractivity contribution in [2.24, 2.45) is 0 Å². The molecule has 4 aromatic rings. The predicted octanol–water partition coefficient (Wildman–Crippen LogP) is 5.54. The Hall–Kier alpha value is -3.18. The van der Waals surface area contributed by atoms with Gasteiger partial charge in [-0.05, 0) is 48.5 Å². The SMILES string of the molecule is O=C(Nc1ccc2oc(-c3ccccc3)nc2c1)c1ccc(Cl)c(F)c1. The van der Waals surface area contributed by atoms with Crippen molar-refractivity contribution in [3.05, 3.63) is 83.1 Å². The quantitative estimate of drug-likeness (QED) is 0.518. The number of nitrogens with one attached hydrogen (secondary N) is 1. The van der Waals surface area contributed by atoms with Gasteiger partial charge in [-0.25, -0.2) is 9.37 Å². The second-order valence-electron chi connectivity index (χ2n) is 5.65. The maximum atomic E-state index is 13.5. The Labute approximate surface area is 153 Å². The molecule has 3 aromatic carbocycles. The molecule has 0 radical (unpaired) electrons. The van der Waals surface area contributed by atoms with Gasteiger partial charge in [-0.1, -0.05) is 29.8 Å². The minimum atomic E-state index is -0.640. The van der Waals surface area contributed by atoms with Crippen LogP contribution in [0.1, 0.15) is 10.4 Å². The zero-order valence-corrected chi connectivity index (χ0v) is 14.1. The number of hydrogen-bond acceptors (Lipinski definition) is 3. The van der Waals surface area contributed by atoms with Crippen molar-refractivity contribution in [2.75, 3.05) is 5.32 Å². The lowest BCUT2D eigenvalue weighted by Gasteiger charge is -2.05. The van der Waals surface area contributed by atoms with E-state index in [-0.39, 0.29) is 10.6 Å². The number of rotatable bonds is 3. The summed E-state index contributed by atoms with van der Waals surface area (Å²) in [6.45, 7) is 0. The molecule has 4 nitrogen and oxygen atoms in total. The fourth-order valence-electron chi connectivity index (χ4n) is 2.55. The number of fused-ring (bicyclic) bond motifs is 1. The summed E-state index contributed by atoms with van der Waals surface area (Å²) in [6, 6.07) is 18.6. The Balaban J connectivity index is 1.61. The number of anilines is 1. The second-order valence-corrected chi connectivity index (χ2v) is 6.06. The number of oxazole rings is 1. The molecule has 26 heavy (non-hydrogen) atoms. The van der Waals surface area contributed by atoms with Gasteiger partial charge in [0.25, 0.3) is 5.91 Å². The van der Waals surface area contributed by atoms with Crippen LogP contribution in [-0.2, 0) is 0 Å². The van der Waals surface area contributed by atoms with Crippen molar-refractivity contribution in [1.82, 2.24) is 4.98 Å². The van der Waals surface area contributed by atoms with E-state index in [4.69, 9.17) is 16.0 Å². The molecular weight excluding hydrogens is 355 g/mol. The van der Waals surface area contributed by atoms with E-state index in [0.29, 0.717) is 22.7 Å². The second kappa shape index (κ2) is 6.61. The molecular formula is C20H12ClFN2O2. The van der Waals surface area contributed by atoms with E-state index < -0.39 is 11.7 Å². The Morgan fingerprint density at radius 3 is 2.62 bits per heavy atom. The van der Waals surface area contributed by atoms with Crippen LogP contribution < -0.4 is 5.32 Å². The van der Waals surface area contributed by atoms with Crippen molar-refractivity contribution in [1.29, 1.82) is 0 Å². The summed E-state index contributed by atoms with van der Waals surface area (Å²) in [6.07, 6.45) is 0. The van der Waals surface area contributed by atoms with Crippen LogP contribution in [0.4, 0.5) is 10.1 Å². The summed E-state index contributed by atoms with van der Waals surface area (Å²) < 4.78 is 19.3. The Bertz CT molecular complexity index is 1110. The van der Waals surface area contributed by atoms with Crippen LogP contribution in [0.25, 0.3) is 22.6 Å². The van der Waals surface area contributed by atoms with E-state index in [1.807, 2.05) is 30.3 Å². The van der Waals surface area contributed by atoms with Gasteiger partial charge in [-0.15, -0.1) is 0 Å². The molecule has 0 fully saturated rings. The van der Waals surface area contributed by atoms with Crippen LogP contribution in [0.15, 0.2) is 71.1 Å². The van der Waals surface area contributed by atoms with Gasteiger partial charge in [0, 0.05) is 16.8 Å². The standard InChI is InChI=1S/C20H12ClFN2O2/c21-15-8-6-13(10-16(15)22)19(25)23-14-7-9-18-17(11-14)24-20(26-18)12-4-2-1-3-5-12/h1-11H,(H,23,25). The predicted molar refractivity (Wildman–Crippen MR) is 98.8 cm³/mol. The third-order valence-electron chi connectivity index (χ3n) is 3.85. The van der Waals surface area contributed by atoms with Gasteiger partial charge in [-0.3, -0.25) is 4.79 Å². The average molecular weight is 367 g/mol. The zero-order valence-electron chi connectivity index (χ0n) is 13.4. The molecule has 0 saturated heterocycles. The molecule has 6 heteroatoms. The average Bonchev–Trinajstić information content (AvgIpc) is 3.08. The molecule has 1 N–H and O–H groups in total. The zero-order chi connectivity index (χ0) is 18.1. The molecule has 128 valence electrons. The number of benzene rings is 3. The molecule has 0 aliphatic heterocycles. The van der Waals surface area contributed by atoms with E-state index in [9.17, 15) is 9.18 Å². The Kier molecular flexibility index (Phi) is 4.14. The van der Waals surface area contributed by atoms with Crippen LogP contribution in [0.3, 0.4) is 0 Å². The van der Waals surface area contributed by atoms with Crippen molar-refractivity contribution in [2.45, 2.75) is 0 Å². The van der Waals surface area contributed by atoms with Gasteiger partial charge in [-0.2, -0.15) is 0 Å². The van der Waals surface area contributed by atoms with Crippen LogP contribution in [0, 0.1) is 5.82 Å². The molecule has 4 rings (SSSR count). The highest BCUT2D eigenvalue weighted by Gasteiger charge is 2.12. The van der Waals surface area contributed by atoms with E-state index in [1.165, 1.54) is 12.1 Å². The van der Waals surface area contributed by atoms with Crippen molar-refractivity contribution in [3.63, 3.8) is 0 Å². The number of hydrogen-bond donors (Lipinski definition) is 1. The van der Waals surface area contributed by atoms with Gasteiger partial charge in [0.1, 0.15) is 11.3 Å². The minimum absolute atomic E-state index is 0.0287. The molecule has 0 aliphatic carbocycles. The van der Waals surface area contributed by atoms with E-state index in [0.717, 1.165) is 11.6 Å². The van der Waals surface area contributed by atoms with Crippen LogP contribution in [0.5, 0.6) is 0 Å². The molecule has 0 atom stereocenters. The number of halogens is 2. The number of carbonyl (C=O) groups excluding carboxylic acids is 1. The third kappa shape index (κ3) is 3.17. The van der Waals surface area contributed by atoms with E-state index in [1.54, 1.807) is 18.2 Å². The molecule has 0 unspecified atom stereocenters. The van der Waals surface area contributed by atoms with E-state index in [2.05, 4.69) is 10.3 Å². The normalized spacial score (nSPS) is 10.8. The molecule has 0 aliphatic rings. The maximum Gasteiger partial charge on any atom is 0.255 e.